The summed E-state index contributed by atoms with van der Waals surface area (Å²) in [6, 6.07) is 16.1. The zero-order valence-corrected chi connectivity index (χ0v) is 33.4. The maximum atomic E-state index is 14.4. The molecule has 0 saturated carbocycles. The van der Waals surface area contributed by atoms with Gasteiger partial charge in [0, 0.05) is 31.2 Å². The summed E-state index contributed by atoms with van der Waals surface area (Å²) in [6.45, 7) is 3.07. The van der Waals surface area contributed by atoms with Gasteiger partial charge >= 0.3 is 0 Å². The highest BCUT2D eigenvalue weighted by Crippen LogP contribution is 2.54. The van der Waals surface area contributed by atoms with Crippen LogP contribution in [0.2, 0.25) is 0 Å². The van der Waals surface area contributed by atoms with Crippen molar-refractivity contribution >= 4 is 11.9 Å². The van der Waals surface area contributed by atoms with Crippen molar-refractivity contribution in [1.82, 2.24) is 0 Å². The zero-order valence-electron chi connectivity index (χ0n) is 33.4. The first-order valence-corrected chi connectivity index (χ1v) is 19.1. The van der Waals surface area contributed by atoms with Crippen LogP contribution in [0.5, 0.6) is 46.0 Å². The Kier molecular flexibility index (Phi) is 10.7. The fourth-order valence-corrected chi connectivity index (χ4v) is 9.07. The van der Waals surface area contributed by atoms with E-state index in [-0.39, 0.29) is 38.0 Å². The van der Waals surface area contributed by atoms with Gasteiger partial charge in [-0.2, -0.15) is 0 Å². The largest absolute Gasteiger partial charge is 0.544 e. The molecule has 0 N–H and O–H groups in total. The van der Waals surface area contributed by atoms with Gasteiger partial charge in [0.15, 0.2) is 34.5 Å². The highest BCUT2D eigenvalue weighted by atomic mass is 19.1. The van der Waals surface area contributed by atoms with Crippen LogP contribution in [0.15, 0.2) is 60.7 Å². The number of halogens is 1. The number of benzene rings is 4. The first-order valence-electron chi connectivity index (χ1n) is 19.1. The molecule has 0 aliphatic carbocycles. The number of rotatable bonds is 9. The number of aliphatic carboxylic acids is 2. The quantitative estimate of drug-likeness (QED) is 0.219. The number of carboxylic acids is 2. The van der Waals surface area contributed by atoms with E-state index >= 15 is 0 Å². The molecular weight excluding hydrogens is 735 g/mol. The van der Waals surface area contributed by atoms with Crippen LogP contribution in [0, 0.1) is 0 Å². The Morgan fingerprint density at radius 3 is 1.91 bits per heavy atom. The second-order valence-corrected chi connectivity index (χ2v) is 15.7. The van der Waals surface area contributed by atoms with Crippen molar-refractivity contribution in [2.24, 2.45) is 0 Å². The molecule has 12 nitrogen and oxygen atoms in total. The van der Waals surface area contributed by atoms with Crippen molar-refractivity contribution in [3.63, 3.8) is 0 Å². The van der Waals surface area contributed by atoms with Crippen molar-refractivity contribution in [3.05, 3.63) is 94.0 Å². The Bertz CT molecular complexity index is 2190. The van der Waals surface area contributed by atoms with Crippen LogP contribution >= 0.6 is 0 Å². The lowest BCUT2D eigenvalue weighted by atomic mass is 9.84. The van der Waals surface area contributed by atoms with Gasteiger partial charge in [-0.3, -0.25) is 0 Å². The van der Waals surface area contributed by atoms with E-state index in [1.165, 1.54) is 14.2 Å². The molecule has 0 saturated heterocycles. The summed E-state index contributed by atoms with van der Waals surface area (Å²) in [7, 11) is 8.38. The number of likely N-dealkylation sites (N-methyl/N-ethyl adjacent to an activating group) is 2. The molecule has 57 heavy (non-hydrogen) atoms. The molecule has 4 aromatic carbocycles. The average molecular weight is 785 g/mol. The van der Waals surface area contributed by atoms with Gasteiger partial charge in [-0.15, -0.1) is 0 Å². The Balaban J connectivity index is 1.55. The summed E-state index contributed by atoms with van der Waals surface area (Å²) in [6.07, 6.45) is 1.77. The minimum Gasteiger partial charge on any atom is -0.544 e. The van der Waals surface area contributed by atoms with E-state index in [2.05, 4.69) is 0 Å². The lowest BCUT2D eigenvalue weighted by Crippen LogP contribution is -2.62. The maximum absolute atomic E-state index is 14.4. The summed E-state index contributed by atoms with van der Waals surface area (Å²) >= 11 is 0. The fourth-order valence-electron chi connectivity index (χ4n) is 9.07. The average Bonchev–Trinajstić information content (AvgIpc) is 3.20. The molecule has 13 heteroatoms. The van der Waals surface area contributed by atoms with Gasteiger partial charge in [-0.1, -0.05) is 18.2 Å². The molecule has 4 heterocycles. The molecule has 4 aliphatic heterocycles. The van der Waals surface area contributed by atoms with E-state index < -0.39 is 36.9 Å². The van der Waals surface area contributed by atoms with Crippen LogP contribution in [-0.2, 0) is 35.3 Å². The van der Waals surface area contributed by atoms with Gasteiger partial charge in [-0.05, 0) is 78.6 Å². The SMILES string of the molecule is COc1ccc2cc1Oc1ccc(cc1)CC1c3cc(c(OC)cc3CC[N+]1(C)C(C)C(=O)[O-])Oc1c(OCF)c(OC)cc3c1C(C2)[N+](C)(C(C)C(=O)[O-])CC3. The molecule has 6 bridgehead atoms. The number of ether oxygens (including phenoxy) is 6. The Labute approximate surface area is 332 Å². The standard InChI is InChI=1S/C44H49FN2O10/c1-25(43(48)49)46(3)16-14-29-21-36(53-6)38-23-32(29)33(46)18-27-8-11-31(12-9-27)56-37-20-28(10-13-35(37)52-5)19-34-40-30(15-17-47(34,4)26(2)44(50)51)22-39(54-7)41(55-24-45)42(40)57-38/h8-13,20-23,25-26,33-34H,14-19,24H2,1-7H3. The molecule has 6 atom stereocenters. The van der Waals surface area contributed by atoms with Crippen LogP contribution in [-0.4, -0.2) is 88.4 Å². The van der Waals surface area contributed by atoms with Gasteiger partial charge in [0.2, 0.25) is 12.6 Å². The second-order valence-electron chi connectivity index (χ2n) is 15.7. The third-order valence-corrected chi connectivity index (χ3v) is 12.9. The summed E-state index contributed by atoms with van der Waals surface area (Å²) in [5, 5.41) is 25.3. The van der Waals surface area contributed by atoms with E-state index in [4.69, 9.17) is 28.4 Å². The highest BCUT2D eigenvalue weighted by molar-refractivity contribution is 5.70. The zero-order chi connectivity index (χ0) is 40.8. The van der Waals surface area contributed by atoms with E-state index in [0.29, 0.717) is 67.3 Å². The number of methoxy groups -OCH3 is 3. The molecule has 0 amide bonds. The first kappa shape index (κ1) is 39.7. The lowest BCUT2D eigenvalue weighted by Gasteiger charge is -2.50. The van der Waals surface area contributed by atoms with Crippen molar-refractivity contribution in [1.29, 1.82) is 0 Å². The molecule has 4 aliphatic rings. The normalized spacial score (nSPS) is 23.3. The van der Waals surface area contributed by atoms with E-state index in [1.807, 2.05) is 68.7 Å². The summed E-state index contributed by atoms with van der Waals surface area (Å²) < 4.78 is 51.2. The Hall–Kier alpha value is -5.53. The first-order chi connectivity index (χ1) is 27.3. The predicted octanol–water partition coefficient (Wildman–Crippen LogP) is 4.77. The number of quaternary nitrogens is 2. The molecular formula is C44H49FN2O10. The van der Waals surface area contributed by atoms with E-state index in [9.17, 15) is 24.2 Å². The molecule has 6 unspecified atom stereocenters. The van der Waals surface area contributed by atoms with Gasteiger partial charge in [-0.25, -0.2) is 4.39 Å². The molecule has 8 rings (SSSR count). The fraction of sp³-hybridized carbons (Fsp3) is 0.409. The van der Waals surface area contributed by atoms with Gasteiger partial charge in [0.05, 0.1) is 66.0 Å². The summed E-state index contributed by atoms with van der Waals surface area (Å²) in [4.78, 5) is 25.3. The van der Waals surface area contributed by atoms with Crippen molar-refractivity contribution in [2.75, 3.05) is 55.4 Å². The monoisotopic (exact) mass is 784 g/mol. The molecule has 302 valence electrons. The lowest BCUT2D eigenvalue weighted by molar-refractivity contribution is -0.956. The number of fused-ring (bicyclic) bond motifs is 2. The second kappa shape index (κ2) is 15.4. The number of carbonyl (C=O) groups excluding carboxylic acids is 2. The number of hydrogen-bond acceptors (Lipinski definition) is 10. The van der Waals surface area contributed by atoms with Crippen LogP contribution in [0.4, 0.5) is 4.39 Å². The number of carbonyl (C=O) groups is 2. The Morgan fingerprint density at radius 1 is 0.737 bits per heavy atom. The summed E-state index contributed by atoms with van der Waals surface area (Å²) in [5.74, 6) is 0.264. The van der Waals surface area contributed by atoms with Crippen molar-refractivity contribution in [2.45, 2.75) is 63.7 Å². The van der Waals surface area contributed by atoms with Gasteiger partial charge < -0.3 is 57.2 Å². The number of nitrogens with zero attached hydrogens (tertiary/aromatic N) is 2. The molecule has 0 radical (unpaired) electrons. The van der Waals surface area contributed by atoms with Crippen LogP contribution in [0.3, 0.4) is 0 Å². The predicted molar refractivity (Wildman–Crippen MR) is 204 cm³/mol. The number of alkyl halides is 1. The van der Waals surface area contributed by atoms with Crippen LogP contribution in [0.1, 0.15) is 59.3 Å². The minimum atomic E-state index is -1.21. The van der Waals surface area contributed by atoms with Crippen LogP contribution in [0.25, 0.3) is 0 Å². The number of hydrogen-bond donors (Lipinski definition) is 0. The van der Waals surface area contributed by atoms with Crippen molar-refractivity contribution < 1.29 is 61.6 Å². The third kappa shape index (κ3) is 6.97. The van der Waals surface area contributed by atoms with Crippen LogP contribution < -0.4 is 38.6 Å². The topological polar surface area (TPSA) is 136 Å². The van der Waals surface area contributed by atoms with Crippen molar-refractivity contribution in [3.8, 4) is 46.0 Å². The minimum absolute atomic E-state index is 0.00789. The summed E-state index contributed by atoms with van der Waals surface area (Å²) in [5.41, 5.74) is 5.05. The van der Waals surface area contributed by atoms with Gasteiger partial charge in [0.1, 0.15) is 29.9 Å². The molecule has 0 fully saturated rings. The Morgan fingerprint density at radius 2 is 1.30 bits per heavy atom. The maximum Gasteiger partial charge on any atom is 0.229 e. The number of carboxylic acid groups (broad SMARTS) is 2. The molecule has 4 aromatic rings. The third-order valence-electron chi connectivity index (χ3n) is 12.9. The molecule has 0 spiro atoms. The van der Waals surface area contributed by atoms with Gasteiger partial charge in [0.25, 0.3) is 0 Å². The van der Waals surface area contributed by atoms with E-state index in [1.54, 1.807) is 27.0 Å². The van der Waals surface area contributed by atoms with E-state index in [0.717, 1.165) is 27.8 Å². The molecule has 0 aromatic heterocycles. The highest BCUT2D eigenvalue weighted by Gasteiger charge is 2.48. The smallest absolute Gasteiger partial charge is 0.229 e.